The van der Waals surface area contributed by atoms with Gasteiger partial charge in [0.05, 0.1) is 16.9 Å². The van der Waals surface area contributed by atoms with Gasteiger partial charge in [-0.15, -0.1) is 10.2 Å². The van der Waals surface area contributed by atoms with Crippen molar-refractivity contribution in [3.63, 3.8) is 0 Å². The Kier molecular flexibility index (Phi) is 6.76. The van der Waals surface area contributed by atoms with Gasteiger partial charge in [-0.2, -0.15) is 13.2 Å². The zero-order valence-electron chi connectivity index (χ0n) is 17.9. The number of benzene rings is 2. The molecular formula is C24H24F3N5O. The first-order valence-electron chi connectivity index (χ1n) is 10.8. The normalized spacial score (nSPS) is 14.5. The Hall–Kier alpha value is -3.62. The summed E-state index contributed by atoms with van der Waals surface area (Å²) in [5, 5.41) is 13.5. The smallest absolute Gasteiger partial charge is 0.355 e. The number of halogens is 3. The molecule has 1 saturated heterocycles. The lowest BCUT2D eigenvalue weighted by atomic mass is 10.1. The number of nitrogens with zero attached hydrogens (tertiary/aromatic N) is 3. The second-order valence-corrected chi connectivity index (χ2v) is 7.88. The summed E-state index contributed by atoms with van der Waals surface area (Å²) in [5.74, 6) is 0.870. The summed E-state index contributed by atoms with van der Waals surface area (Å²) in [5.41, 5.74) is 0.744. The summed E-state index contributed by atoms with van der Waals surface area (Å²) in [6, 6.07) is 14.8. The van der Waals surface area contributed by atoms with E-state index in [1.165, 1.54) is 31.0 Å². The number of carbonyl (C=O) groups excluding carboxylic acids is 1. The number of anilines is 3. The first kappa shape index (κ1) is 22.6. The highest BCUT2D eigenvalue weighted by atomic mass is 19.4. The highest BCUT2D eigenvalue weighted by Gasteiger charge is 2.33. The molecule has 172 valence electrons. The van der Waals surface area contributed by atoms with Crippen molar-refractivity contribution in [2.24, 2.45) is 0 Å². The second kappa shape index (κ2) is 9.89. The number of carbonyl (C=O) groups is 1. The predicted molar refractivity (Wildman–Crippen MR) is 122 cm³/mol. The Bertz CT molecular complexity index is 1080. The van der Waals surface area contributed by atoms with Crippen LogP contribution in [0.3, 0.4) is 0 Å². The summed E-state index contributed by atoms with van der Waals surface area (Å²) in [6.45, 7) is 1.98. The van der Waals surface area contributed by atoms with Gasteiger partial charge in [0.25, 0.3) is 0 Å². The molecule has 0 radical (unpaired) electrons. The molecule has 1 aromatic heterocycles. The number of nitrogens with one attached hydrogen (secondary N) is 2. The zero-order valence-corrected chi connectivity index (χ0v) is 17.9. The van der Waals surface area contributed by atoms with Gasteiger partial charge < -0.3 is 15.5 Å². The Morgan fingerprint density at radius 3 is 2.15 bits per heavy atom. The fraction of sp³-hybridized carbons (Fsp3) is 0.292. The van der Waals surface area contributed by atoms with Crippen LogP contribution < -0.4 is 15.5 Å². The van der Waals surface area contributed by atoms with Gasteiger partial charge in [-0.25, -0.2) is 4.79 Å². The molecule has 0 spiro atoms. The Morgan fingerprint density at radius 1 is 0.818 bits per heavy atom. The molecule has 4 rings (SSSR count). The van der Waals surface area contributed by atoms with E-state index in [0.717, 1.165) is 43.4 Å². The molecule has 33 heavy (non-hydrogen) atoms. The lowest BCUT2D eigenvalue weighted by Gasteiger charge is -2.20. The SMILES string of the molecule is O=C(Nc1ccc(-c2ccc(N3CCCCCC3)nn2)cc1)Nc1ccccc1C(F)(F)F. The number of hydrogen-bond acceptors (Lipinski definition) is 4. The van der Waals surface area contributed by atoms with E-state index >= 15 is 0 Å². The van der Waals surface area contributed by atoms with Gasteiger partial charge in [-0.1, -0.05) is 37.1 Å². The molecular weight excluding hydrogens is 431 g/mol. The van der Waals surface area contributed by atoms with Gasteiger partial charge in [-0.3, -0.25) is 0 Å². The van der Waals surface area contributed by atoms with E-state index in [0.29, 0.717) is 11.4 Å². The summed E-state index contributed by atoms with van der Waals surface area (Å²) in [7, 11) is 0. The average Bonchev–Trinajstić information content (AvgIpc) is 3.09. The molecule has 9 heteroatoms. The summed E-state index contributed by atoms with van der Waals surface area (Å²) in [6.07, 6.45) is 0.250. The standard InChI is InChI=1S/C24H24F3N5O/c25-24(26,27)19-7-3-4-8-21(19)29-23(33)28-18-11-9-17(10-12-18)20-13-14-22(31-30-20)32-15-5-1-2-6-16-32/h3-4,7-14H,1-2,5-6,15-16H2,(H2,28,29,33). The van der Waals surface area contributed by atoms with Crippen LogP contribution in [-0.4, -0.2) is 29.3 Å². The molecule has 6 nitrogen and oxygen atoms in total. The Morgan fingerprint density at radius 2 is 1.52 bits per heavy atom. The minimum absolute atomic E-state index is 0.307. The molecule has 1 aliphatic rings. The third-order valence-corrected chi connectivity index (χ3v) is 5.50. The lowest BCUT2D eigenvalue weighted by Crippen LogP contribution is -2.25. The van der Waals surface area contributed by atoms with Crippen molar-refractivity contribution in [1.82, 2.24) is 10.2 Å². The van der Waals surface area contributed by atoms with Crippen molar-refractivity contribution in [2.45, 2.75) is 31.9 Å². The maximum Gasteiger partial charge on any atom is 0.418 e. The monoisotopic (exact) mass is 455 g/mol. The molecule has 2 amide bonds. The van der Waals surface area contributed by atoms with E-state index < -0.39 is 17.8 Å². The average molecular weight is 455 g/mol. The van der Waals surface area contributed by atoms with Crippen LogP contribution in [0.15, 0.2) is 60.7 Å². The number of urea groups is 1. The predicted octanol–water partition coefficient (Wildman–Crippen LogP) is 6.19. The first-order valence-corrected chi connectivity index (χ1v) is 10.8. The highest BCUT2D eigenvalue weighted by molar-refractivity contribution is 6.00. The lowest BCUT2D eigenvalue weighted by molar-refractivity contribution is -0.136. The van der Waals surface area contributed by atoms with Crippen LogP contribution in [0.25, 0.3) is 11.3 Å². The van der Waals surface area contributed by atoms with Gasteiger partial charge >= 0.3 is 12.2 Å². The molecule has 0 atom stereocenters. The van der Waals surface area contributed by atoms with Crippen molar-refractivity contribution in [3.05, 3.63) is 66.2 Å². The highest BCUT2D eigenvalue weighted by Crippen LogP contribution is 2.34. The number of amides is 2. The number of aromatic nitrogens is 2. The fourth-order valence-electron chi connectivity index (χ4n) is 3.80. The fourth-order valence-corrected chi connectivity index (χ4v) is 3.80. The maximum absolute atomic E-state index is 13.1. The molecule has 0 bridgehead atoms. The van der Waals surface area contributed by atoms with Crippen LogP contribution >= 0.6 is 0 Å². The van der Waals surface area contributed by atoms with E-state index in [1.54, 1.807) is 24.3 Å². The zero-order chi connectivity index (χ0) is 23.3. The summed E-state index contributed by atoms with van der Waals surface area (Å²) >= 11 is 0. The van der Waals surface area contributed by atoms with E-state index in [1.807, 2.05) is 12.1 Å². The topological polar surface area (TPSA) is 70.2 Å². The number of alkyl halides is 3. The van der Waals surface area contributed by atoms with Gasteiger partial charge in [0.15, 0.2) is 5.82 Å². The number of para-hydroxylation sites is 1. The minimum Gasteiger partial charge on any atom is -0.355 e. The third kappa shape index (κ3) is 5.79. The largest absolute Gasteiger partial charge is 0.418 e. The van der Waals surface area contributed by atoms with Crippen molar-refractivity contribution < 1.29 is 18.0 Å². The van der Waals surface area contributed by atoms with Crippen LogP contribution in [0.5, 0.6) is 0 Å². The summed E-state index contributed by atoms with van der Waals surface area (Å²) in [4.78, 5) is 14.5. The number of rotatable bonds is 4. The quantitative estimate of drug-likeness (QED) is 0.492. The molecule has 0 saturated carbocycles. The Balaban J connectivity index is 1.39. The van der Waals surface area contributed by atoms with E-state index in [4.69, 9.17) is 0 Å². The van der Waals surface area contributed by atoms with Gasteiger partial charge in [-0.05, 0) is 49.2 Å². The van der Waals surface area contributed by atoms with Gasteiger partial charge in [0.2, 0.25) is 0 Å². The molecule has 2 aromatic carbocycles. The van der Waals surface area contributed by atoms with Crippen LogP contribution in [0.1, 0.15) is 31.2 Å². The van der Waals surface area contributed by atoms with Crippen molar-refractivity contribution in [3.8, 4) is 11.3 Å². The maximum atomic E-state index is 13.1. The molecule has 1 fully saturated rings. The molecule has 3 aromatic rings. The Labute approximate surface area is 189 Å². The second-order valence-electron chi connectivity index (χ2n) is 7.88. The van der Waals surface area contributed by atoms with Gasteiger partial charge in [0, 0.05) is 24.3 Å². The molecule has 0 unspecified atom stereocenters. The van der Waals surface area contributed by atoms with Gasteiger partial charge in [0.1, 0.15) is 0 Å². The van der Waals surface area contributed by atoms with Crippen molar-refractivity contribution in [2.75, 3.05) is 28.6 Å². The van der Waals surface area contributed by atoms with Crippen LogP contribution in [-0.2, 0) is 6.18 Å². The molecule has 1 aliphatic heterocycles. The summed E-state index contributed by atoms with van der Waals surface area (Å²) < 4.78 is 39.3. The van der Waals surface area contributed by atoms with E-state index in [9.17, 15) is 18.0 Å². The molecule has 0 aliphatic carbocycles. The first-order chi connectivity index (χ1) is 15.9. The van der Waals surface area contributed by atoms with Crippen LogP contribution in [0.2, 0.25) is 0 Å². The van der Waals surface area contributed by atoms with E-state index in [2.05, 4.69) is 25.7 Å². The van der Waals surface area contributed by atoms with Crippen molar-refractivity contribution >= 4 is 23.2 Å². The van der Waals surface area contributed by atoms with E-state index in [-0.39, 0.29) is 5.69 Å². The third-order valence-electron chi connectivity index (χ3n) is 5.50. The minimum atomic E-state index is -4.56. The van der Waals surface area contributed by atoms with Crippen LogP contribution in [0.4, 0.5) is 35.2 Å². The molecule has 2 heterocycles. The number of hydrogen-bond donors (Lipinski definition) is 2. The van der Waals surface area contributed by atoms with Crippen LogP contribution in [0, 0.1) is 0 Å². The van der Waals surface area contributed by atoms with Crippen molar-refractivity contribution in [1.29, 1.82) is 0 Å². The molecule has 2 N–H and O–H groups in total.